The maximum atomic E-state index is 10.5. The Hall–Kier alpha value is -3.05. The Balaban J connectivity index is 1.37. The summed E-state index contributed by atoms with van der Waals surface area (Å²) >= 11 is 6.38. The van der Waals surface area contributed by atoms with E-state index in [4.69, 9.17) is 25.8 Å². The third-order valence-electron chi connectivity index (χ3n) is 5.76. The highest BCUT2D eigenvalue weighted by Crippen LogP contribution is 2.43. The van der Waals surface area contributed by atoms with Crippen molar-refractivity contribution < 1.29 is 19.3 Å². The van der Waals surface area contributed by atoms with Crippen LogP contribution in [-0.4, -0.2) is 11.7 Å². The molecule has 0 aromatic heterocycles. The van der Waals surface area contributed by atoms with Gasteiger partial charge in [-0.2, -0.15) is 0 Å². The molecule has 0 aliphatic carbocycles. The van der Waals surface area contributed by atoms with E-state index in [2.05, 4.69) is 18.7 Å². The first-order valence-electron chi connectivity index (χ1n) is 11.5. The van der Waals surface area contributed by atoms with Gasteiger partial charge in [0.25, 0.3) is 0 Å². The van der Waals surface area contributed by atoms with Crippen molar-refractivity contribution in [2.75, 3.05) is 6.61 Å². The molecule has 1 aliphatic rings. The summed E-state index contributed by atoms with van der Waals surface area (Å²) in [6.45, 7) is 4.50. The molecule has 0 radical (unpaired) electrons. The molecule has 1 saturated heterocycles. The first kappa shape index (κ1) is 24.1. The predicted octanol–water partition coefficient (Wildman–Crippen LogP) is 7.77. The highest BCUT2D eigenvalue weighted by Gasteiger charge is 2.35. The van der Waals surface area contributed by atoms with Crippen LogP contribution < -0.4 is 4.74 Å². The summed E-state index contributed by atoms with van der Waals surface area (Å²) in [6, 6.07) is 24.5. The van der Waals surface area contributed by atoms with Crippen molar-refractivity contribution in [3.63, 3.8) is 0 Å². The van der Waals surface area contributed by atoms with Gasteiger partial charge in [-0.3, -0.25) is 0 Å². The number of hydrogen-bond acceptors (Lipinski definition) is 4. The Morgan fingerprint density at radius 3 is 2.44 bits per heavy atom. The molecule has 1 aliphatic heterocycles. The smallest absolute Gasteiger partial charge is 0.186 e. The minimum atomic E-state index is -0.586. The number of benzene rings is 3. The lowest BCUT2D eigenvalue weighted by Gasteiger charge is -2.37. The zero-order valence-corrected chi connectivity index (χ0v) is 19.7. The monoisotopic (exact) mass is 476 g/mol. The van der Waals surface area contributed by atoms with Crippen LogP contribution in [0.15, 0.2) is 103 Å². The zero-order chi connectivity index (χ0) is 23.8. The molecular formula is C29H29ClO4. The van der Waals surface area contributed by atoms with Gasteiger partial charge < -0.3 is 19.3 Å². The van der Waals surface area contributed by atoms with Gasteiger partial charge in [0, 0.05) is 28.5 Å². The van der Waals surface area contributed by atoms with Crippen molar-refractivity contribution >= 4 is 11.6 Å². The van der Waals surface area contributed by atoms with Crippen LogP contribution in [0.5, 0.6) is 11.5 Å². The maximum Gasteiger partial charge on any atom is 0.186 e. The van der Waals surface area contributed by atoms with Gasteiger partial charge in [0.05, 0.1) is 18.5 Å². The summed E-state index contributed by atoms with van der Waals surface area (Å²) in [4.78, 5) is 0. The van der Waals surface area contributed by atoms with Crippen LogP contribution in [-0.2, 0) is 9.47 Å². The molecule has 5 heteroatoms. The Morgan fingerprint density at radius 1 is 0.971 bits per heavy atom. The quantitative estimate of drug-likeness (QED) is 0.253. The van der Waals surface area contributed by atoms with Gasteiger partial charge >= 0.3 is 0 Å². The summed E-state index contributed by atoms with van der Waals surface area (Å²) in [5.74, 6) is 1.80. The molecule has 1 heterocycles. The Bertz CT molecular complexity index is 1110. The topological polar surface area (TPSA) is 47.9 Å². The first-order chi connectivity index (χ1) is 16.6. The molecule has 1 fully saturated rings. The van der Waals surface area contributed by atoms with Gasteiger partial charge in [-0.25, -0.2) is 0 Å². The van der Waals surface area contributed by atoms with E-state index in [9.17, 15) is 5.11 Å². The van der Waals surface area contributed by atoms with Crippen molar-refractivity contribution in [2.24, 2.45) is 5.92 Å². The minimum Gasteiger partial charge on any atom is -0.508 e. The van der Waals surface area contributed by atoms with Gasteiger partial charge in [-0.05, 0) is 37.1 Å². The number of para-hydroxylation sites is 2. The largest absolute Gasteiger partial charge is 0.508 e. The molecule has 0 spiro atoms. The fourth-order valence-corrected chi connectivity index (χ4v) is 4.22. The molecule has 4 rings (SSSR count). The van der Waals surface area contributed by atoms with E-state index in [0.29, 0.717) is 11.6 Å². The summed E-state index contributed by atoms with van der Waals surface area (Å²) in [5.41, 5.74) is 1.54. The van der Waals surface area contributed by atoms with Crippen LogP contribution in [0.4, 0.5) is 0 Å². The lowest BCUT2D eigenvalue weighted by Crippen LogP contribution is -2.30. The summed E-state index contributed by atoms with van der Waals surface area (Å²) in [5, 5.41) is 11.1. The molecule has 3 aromatic carbocycles. The summed E-state index contributed by atoms with van der Waals surface area (Å²) in [6.07, 6.45) is 5.66. The van der Waals surface area contributed by atoms with Crippen molar-refractivity contribution in [3.8, 4) is 11.5 Å². The third kappa shape index (κ3) is 6.29. The number of aromatic hydroxyl groups is 1. The number of rotatable bonds is 9. The number of allylic oxidation sites excluding steroid dienone is 3. The molecule has 3 aromatic rings. The van der Waals surface area contributed by atoms with E-state index in [-0.39, 0.29) is 17.8 Å². The summed E-state index contributed by atoms with van der Waals surface area (Å²) in [7, 11) is 0. The summed E-state index contributed by atoms with van der Waals surface area (Å²) < 4.78 is 18.2. The van der Waals surface area contributed by atoms with Gasteiger partial charge in [0.2, 0.25) is 0 Å². The SMILES string of the molecule is C=C(CC/C=C\CC1COC(c2ccccc2Cl)OC1c1ccccc1O)Oc1ccccc1. The number of hydrogen-bond donors (Lipinski definition) is 1. The van der Waals surface area contributed by atoms with E-state index in [1.54, 1.807) is 6.07 Å². The van der Waals surface area contributed by atoms with Crippen LogP contribution in [0.1, 0.15) is 42.8 Å². The van der Waals surface area contributed by atoms with Crippen molar-refractivity contribution in [1.29, 1.82) is 0 Å². The number of ether oxygens (including phenoxy) is 3. The first-order valence-corrected chi connectivity index (χ1v) is 11.8. The van der Waals surface area contributed by atoms with Crippen molar-refractivity contribution in [1.82, 2.24) is 0 Å². The number of phenols is 1. The molecule has 1 N–H and O–H groups in total. The molecule has 3 unspecified atom stereocenters. The van der Waals surface area contributed by atoms with E-state index in [0.717, 1.165) is 41.9 Å². The molecule has 0 saturated carbocycles. The van der Waals surface area contributed by atoms with Crippen LogP contribution in [0.2, 0.25) is 5.02 Å². The van der Waals surface area contributed by atoms with E-state index >= 15 is 0 Å². The van der Waals surface area contributed by atoms with Crippen LogP contribution in [0, 0.1) is 5.92 Å². The van der Waals surface area contributed by atoms with Crippen molar-refractivity contribution in [3.05, 3.63) is 120 Å². The Morgan fingerprint density at radius 2 is 1.68 bits per heavy atom. The second-order valence-electron chi connectivity index (χ2n) is 8.26. The van der Waals surface area contributed by atoms with Gasteiger partial charge in [-0.1, -0.05) is 84.9 Å². The minimum absolute atomic E-state index is 0.0482. The highest BCUT2D eigenvalue weighted by molar-refractivity contribution is 6.31. The standard InChI is InChI=1S/C29H29ClO4/c1-21(33-23-14-6-3-7-15-23)12-4-2-5-13-22-20-32-29(24-16-8-10-18-26(24)30)34-28(22)25-17-9-11-19-27(25)31/h2-3,5-11,14-19,22,28-29,31H,1,4,12-13,20H2/b5-2-. The highest BCUT2D eigenvalue weighted by atomic mass is 35.5. The maximum absolute atomic E-state index is 10.5. The second kappa shape index (κ2) is 11.9. The molecule has 0 amide bonds. The fraction of sp³-hybridized carbons (Fsp3) is 0.241. The third-order valence-corrected chi connectivity index (χ3v) is 6.11. The van der Waals surface area contributed by atoms with E-state index in [1.807, 2.05) is 72.8 Å². The van der Waals surface area contributed by atoms with Crippen molar-refractivity contribution in [2.45, 2.75) is 31.7 Å². The van der Waals surface area contributed by atoms with Gasteiger partial charge in [-0.15, -0.1) is 0 Å². The lowest BCUT2D eigenvalue weighted by atomic mass is 9.91. The normalized spacial score (nSPS) is 20.3. The molecule has 4 nitrogen and oxygen atoms in total. The number of phenolic OH excluding ortho intramolecular Hbond substituents is 1. The van der Waals surface area contributed by atoms with Crippen LogP contribution in [0.25, 0.3) is 0 Å². The molecular weight excluding hydrogens is 448 g/mol. The predicted molar refractivity (Wildman–Crippen MR) is 135 cm³/mol. The van der Waals surface area contributed by atoms with Crippen LogP contribution >= 0.6 is 11.6 Å². The lowest BCUT2D eigenvalue weighted by molar-refractivity contribution is -0.244. The van der Waals surface area contributed by atoms with Crippen LogP contribution in [0.3, 0.4) is 0 Å². The zero-order valence-electron chi connectivity index (χ0n) is 19.0. The van der Waals surface area contributed by atoms with Gasteiger partial charge in [0.1, 0.15) is 11.5 Å². The molecule has 0 bridgehead atoms. The Labute approximate surface area is 206 Å². The fourth-order valence-electron chi connectivity index (χ4n) is 4.00. The van der Waals surface area contributed by atoms with Gasteiger partial charge in [0.15, 0.2) is 6.29 Å². The van der Waals surface area contributed by atoms with E-state index < -0.39 is 6.29 Å². The number of halogens is 1. The molecule has 176 valence electrons. The second-order valence-corrected chi connectivity index (χ2v) is 8.67. The Kier molecular flexibility index (Phi) is 8.42. The van der Waals surface area contributed by atoms with E-state index in [1.165, 1.54) is 0 Å². The average Bonchev–Trinajstić information content (AvgIpc) is 2.85. The molecule has 3 atom stereocenters. The molecule has 34 heavy (non-hydrogen) atoms. The average molecular weight is 477 g/mol.